The van der Waals surface area contributed by atoms with Crippen LogP contribution in [-0.2, 0) is 14.3 Å². The van der Waals surface area contributed by atoms with Crippen LogP contribution in [0.15, 0.2) is 0 Å². The molecule has 2 atom stereocenters. The molecule has 88 valence electrons. The van der Waals surface area contributed by atoms with Gasteiger partial charge in [-0.2, -0.15) is 0 Å². The Morgan fingerprint density at radius 2 is 2.20 bits per heavy atom. The summed E-state index contributed by atoms with van der Waals surface area (Å²) >= 11 is 0. The van der Waals surface area contributed by atoms with E-state index in [1.165, 1.54) is 0 Å². The molecule has 3 nitrogen and oxygen atoms in total. The minimum atomic E-state index is -0.297. The number of rotatable bonds is 4. The van der Waals surface area contributed by atoms with Crippen molar-refractivity contribution in [2.24, 2.45) is 11.3 Å². The molecule has 0 radical (unpaired) electrons. The first kappa shape index (κ1) is 12.7. The maximum atomic E-state index is 12.2. The molecule has 1 saturated heterocycles. The lowest BCUT2D eigenvalue weighted by Gasteiger charge is -2.30. The van der Waals surface area contributed by atoms with Gasteiger partial charge in [0.15, 0.2) is 5.78 Å². The fourth-order valence-electron chi connectivity index (χ4n) is 1.90. The summed E-state index contributed by atoms with van der Waals surface area (Å²) in [6, 6.07) is 0. The van der Waals surface area contributed by atoms with Crippen LogP contribution in [0.2, 0.25) is 0 Å². The van der Waals surface area contributed by atoms with Crippen molar-refractivity contribution in [1.29, 1.82) is 0 Å². The number of carbonyl (C=O) groups excluding carboxylic acids is 1. The Bertz CT molecular complexity index is 211. The normalized spacial score (nSPS) is 24.1. The Hall–Kier alpha value is -0.410. The van der Waals surface area contributed by atoms with Crippen molar-refractivity contribution in [3.05, 3.63) is 0 Å². The van der Waals surface area contributed by atoms with E-state index >= 15 is 0 Å². The molecule has 15 heavy (non-hydrogen) atoms. The second-order valence-corrected chi connectivity index (χ2v) is 5.16. The summed E-state index contributed by atoms with van der Waals surface area (Å²) in [6.07, 6.45) is 0.549. The highest BCUT2D eigenvalue weighted by atomic mass is 16.5. The SMILES string of the molecule is CCOC(C(=O)C1CCOC1)C(C)(C)C. The van der Waals surface area contributed by atoms with E-state index < -0.39 is 0 Å². The second kappa shape index (κ2) is 5.08. The van der Waals surface area contributed by atoms with Crippen molar-refractivity contribution in [3.63, 3.8) is 0 Å². The molecule has 0 aromatic rings. The molecule has 0 aromatic heterocycles. The predicted molar refractivity (Wildman–Crippen MR) is 58.8 cm³/mol. The highest BCUT2D eigenvalue weighted by Gasteiger charge is 2.37. The summed E-state index contributed by atoms with van der Waals surface area (Å²) in [5.74, 6) is 0.252. The molecule has 0 spiro atoms. The smallest absolute Gasteiger partial charge is 0.167 e. The van der Waals surface area contributed by atoms with Gasteiger partial charge in [0.05, 0.1) is 6.61 Å². The monoisotopic (exact) mass is 214 g/mol. The lowest BCUT2D eigenvalue weighted by atomic mass is 9.82. The van der Waals surface area contributed by atoms with Crippen LogP contribution in [0.1, 0.15) is 34.1 Å². The van der Waals surface area contributed by atoms with Crippen LogP contribution >= 0.6 is 0 Å². The van der Waals surface area contributed by atoms with Crippen molar-refractivity contribution >= 4 is 5.78 Å². The molecular formula is C12H22O3. The van der Waals surface area contributed by atoms with E-state index in [4.69, 9.17) is 9.47 Å². The minimum absolute atomic E-state index is 0.0424. The van der Waals surface area contributed by atoms with Crippen molar-refractivity contribution < 1.29 is 14.3 Å². The number of ketones is 1. The van der Waals surface area contributed by atoms with Gasteiger partial charge >= 0.3 is 0 Å². The average molecular weight is 214 g/mol. The van der Waals surface area contributed by atoms with Gasteiger partial charge in [-0.1, -0.05) is 20.8 Å². The molecule has 1 fully saturated rings. The van der Waals surface area contributed by atoms with E-state index in [-0.39, 0.29) is 23.2 Å². The zero-order valence-corrected chi connectivity index (χ0v) is 10.2. The third kappa shape index (κ3) is 3.28. The van der Waals surface area contributed by atoms with Crippen LogP contribution in [0.4, 0.5) is 0 Å². The molecule has 0 amide bonds. The molecule has 0 aliphatic carbocycles. The number of hydrogen-bond donors (Lipinski definition) is 0. The lowest BCUT2D eigenvalue weighted by molar-refractivity contribution is -0.141. The van der Waals surface area contributed by atoms with Crippen LogP contribution in [0.3, 0.4) is 0 Å². The van der Waals surface area contributed by atoms with Crippen LogP contribution in [0.5, 0.6) is 0 Å². The van der Waals surface area contributed by atoms with E-state index in [9.17, 15) is 4.79 Å². The molecule has 0 bridgehead atoms. The third-order valence-corrected chi connectivity index (χ3v) is 2.71. The van der Waals surface area contributed by atoms with Crippen molar-refractivity contribution in [2.45, 2.75) is 40.2 Å². The maximum absolute atomic E-state index is 12.2. The highest BCUT2D eigenvalue weighted by molar-refractivity contribution is 5.86. The van der Waals surface area contributed by atoms with Crippen LogP contribution in [0, 0.1) is 11.3 Å². The number of hydrogen-bond acceptors (Lipinski definition) is 3. The van der Waals surface area contributed by atoms with Crippen LogP contribution in [-0.4, -0.2) is 31.7 Å². The zero-order chi connectivity index (χ0) is 11.5. The van der Waals surface area contributed by atoms with Gasteiger partial charge in [-0.25, -0.2) is 0 Å². The third-order valence-electron chi connectivity index (χ3n) is 2.71. The molecule has 0 N–H and O–H groups in total. The number of ether oxygens (including phenoxy) is 2. The average Bonchev–Trinajstić information content (AvgIpc) is 2.63. The van der Waals surface area contributed by atoms with Gasteiger partial charge in [0, 0.05) is 19.1 Å². The molecule has 1 aliphatic rings. The molecule has 0 aromatic carbocycles. The van der Waals surface area contributed by atoms with E-state index in [2.05, 4.69) is 0 Å². The Labute approximate surface area is 92.1 Å². The Kier molecular flexibility index (Phi) is 4.29. The van der Waals surface area contributed by atoms with Crippen molar-refractivity contribution in [2.75, 3.05) is 19.8 Å². The topological polar surface area (TPSA) is 35.5 Å². The fraction of sp³-hybridized carbons (Fsp3) is 0.917. The van der Waals surface area contributed by atoms with E-state index in [0.29, 0.717) is 19.8 Å². The maximum Gasteiger partial charge on any atom is 0.167 e. The van der Waals surface area contributed by atoms with E-state index in [0.717, 1.165) is 6.42 Å². The predicted octanol–water partition coefficient (Wildman–Crippen LogP) is 2.04. The first-order valence-electron chi connectivity index (χ1n) is 5.70. The Balaban J connectivity index is 2.66. The van der Waals surface area contributed by atoms with Gasteiger partial charge in [-0.15, -0.1) is 0 Å². The standard InChI is InChI=1S/C12H22O3/c1-5-15-11(12(2,3)4)10(13)9-6-7-14-8-9/h9,11H,5-8H2,1-4H3. The highest BCUT2D eigenvalue weighted by Crippen LogP contribution is 2.27. The summed E-state index contributed by atoms with van der Waals surface area (Å²) in [5.41, 5.74) is -0.129. The first-order valence-corrected chi connectivity index (χ1v) is 5.70. The molecule has 0 saturated carbocycles. The Morgan fingerprint density at radius 3 is 2.60 bits per heavy atom. The second-order valence-electron chi connectivity index (χ2n) is 5.16. The number of carbonyl (C=O) groups is 1. The minimum Gasteiger partial charge on any atom is -0.381 e. The molecule has 1 rings (SSSR count). The van der Waals surface area contributed by atoms with Gasteiger partial charge < -0.3 is 9.47 Å². The summed E-state index contributed by atoms with van der Waals surface area (Å²) in [4.78, 5) is 12.2. The molecule has 1 aliphatic heterocycles. The van der Waals surface area contributed by atoms with Crippen molar-refractivity contribution in [1.82, 2.24) is 0 Å². The van der Waals surface area contributed by atoms with Gasteiger partial charge in [0.2, 0.25) is 0 Å². The summed E-state index contributed by atoms with van der Waals surface area (Å²) < 4.78 is 10.8. The summed E-state index contributed by atoms with van der Waals surface area (Å²) in [7, 11) is 0. The van der Waals surface area contributed by atoms with Gasteiger partial charge in [0.1, 0.15) is 6.10 Å². The summed E-state index contributed by atoms with van der Waals surface area (Å²) in [5, 5.41) is 0. The lowest BCUT2D eigenvalue weighted by Crippen LogP contribution is -2.40. The molecular weight excluding hydrogens is 192 g/mol. The largest absolute Gasteiger partial charge is 0.381 e. The Morgan fingerprint density at radius 1 is 1.53 bits per heavy atom. The van der Waals surface area contributed by atoms with Gasteiger partial charge in [-0.3, -0.25) is 4.79 Å². The molecule has 3 heteroatoms. The molecule has 1 heterocycles. The quantitative estimate of drug-likeness (QED) is 0.718. The first-order chi connectivity index (χ1) is 6.96. The van der Waals surface area contributed by atoms with Crippen LogP contribution in [0.25, 0.3) is 0 Å². The fourth-order valence-corrected chi connectivity index (χ4v) is 1.90. The van der Waals surface area contributed by atoms with Crippen LogP contribution < -0.4 is 0 Å². The number of Topliss-reactive ketones (excluding diaryl/α,β-unsaturated/α-hetero) is 1. The summed E-state index contributed by atoms with van der Waals surface area (Å²) in [6.45, 7) is 9.92. The van der Waals surface area contributed by atoms with Crippen molar-refractivity contribution in [3.8, 4) is 0 Å². The van der Waals surface area contributed by atoms with E-state index in [1.807, 2.05) is 27.7 Å². The van der Waals surface area contributed by atoms with Gasteiger partial charge in [0.25, 0.3) is 0 Å². The van der Waals surface area contributed by atoms with E-state index in [1.54, 1.807) is 0 Å². The zero-order valence-electron chi connectivity index (χ0n) is 10.2. The molecule has 2 unspecified atom stereocenters. The van der Waals surface area contributed by atoms with Gasteiger partial charge in [-0.05, 0) is 18.8 Å².